The van der Waals surface area contributed by atoms with Crippen LogP contribution in [-0.4, -0.2) is 48.4 Å². The lowest BCUT2D eigenvalue weighted by Gasteiger charge is -2.21. The van der Waals surface area contributed by atoms with Gasteiger partial charge in [-0.1, -0.05) is 24.3 Å². The number of nitrogens with zero attached hydrogens (tertiary/aromatic N) is 4. The molecule has 4 aromatic rings. The van der Waals surface area contributed by atoms with Crippen molar-refractivity contribution in [2.45, 2.75) is 13.5 Å². The molecule has 4 rings (SSSR count). The van der Waals surface area contributed by atoms with Crippen molar-refractivity contribution in [1.82, 2.24) is 14.6 Å². The molecular formula is C25H27N5O4. The summed E-state index contributed by atoms with van der Waals surface area (Å²) >= 11 is 0. The lowest BCUT2D eigenvalue weighted by molar-refractivity contribution is 0.0517. The summed E-state index contributed by atoms with van der Waals surface area (Å²) in [5, 5.41) is 7.92. The van der Waals surface area contributed by atoms with E-state index in [0.29, 0.717) is 23.8 Å². The number of fused-ring (bicyclic) bond motifs is 1. The lowest BCUT2D eigenvalue weighted by atomic mass is 10.2. The smallest absolute Gasteiger partial charge is 0.358 e. The molecule has 2 aromatic carbocycles. The van der Waals surface area contributed by atoms with Crippen molar-refractivity contribution in [2.75, 3.05) is 38.1 Å². The Labute approximate surface area is 197 Å². The summed E-state index contributed by atoms with van der Waals surface area (Å²) < 4.78 is 17.4. The number of ether oxygens (including phenoxy) is 3. The predicted octanol–water partition coefficient (Wildman–Crippen LogP) is 4.30. The number of anilines is 3. The van der Waals surface area contributed by atoms with Crippen LogP contribution in [0.4, 0.5) is 17.2 Å². The van der Waals surface area contributed by atoms with Crippen molar-refractivity contribution >= 4 is 28.8 Å². The molecule has 0 spiro atoms. The fourth-order valence-corrected chi connectivity index (χ4v) is 3.61. The van der Waals surface area contributed by atoms with Gasteiger partial charge in [-0.05, 0) is 36.8 Å². The van der Waals surface area contributed by atoms with E-state index in [2.05, 4.69) is 15.4 Å². The summed E-state index contributed by atoms with van der Waals surface area (Å²) in [6, 6.07) is 17.3. The standard InChI is InChI=1S/C25H27N5O4/c1-5-34-25(31)21-15-26-24-20(29(2)16-17-10-12-18(32-3)13-11-17)14-23(28-30(21)24)27-19-8-6-7-9-22(19)33-4/h6-15H,5,16H2,1-4H3,(H,27,28). The second kappa shape index (κ2) is 10.1. The zero-order valence-electron chi connectivity index (χ0n) is 19.6. The highest BCUT2D eigenvalue weighted by Crippen LogP contribution is 2.30. The van der Waals surface area contributed by atoms with Crippen LogP contribution in [0.1, 0.15) is 23.0 Å². The van der Waals surface area contributed by atoms with Crippen LogP contribution in [0.5, 0.6) is 11.5 Å². The SMILES string of the molecule is CCOC(=O)c1cnc2c(N(C)Cc3ccc(OC)cc3)cc(Nc3ccccc3OC)nn12. The van der Waals surface area contributed by atoms with Gasteiger partial charge in [0.05, 0.1) is 38.4 Å². The van der Waals surface area contributed by atoms with Gasteiger partial charge in [0.1, 0.15) is 11.5 Å². The van der Waals surface area contributed by atoms with E-state index in [1.807, 2.05) is 66.5 Å². The molecule has 176 valence electrons. The van der Waals surface area contributed by atoms with Crippen molar-refractivity contribution in [2.24, 2.45) is 0 Å². The Morgan fingerprint density at radius 3 is 2.56 bits per heavy atom. The van der Waals surface area contributed by atoms with Gasteiger partial charge < -0.3 is 24.4 Å². The van der Waals surface area contributed by atoms with Crippen molar-refractivity contribution < 1.29 is 19.0 Å². The molecule has 0 atom stereocenters. The minimum atomic E-state index is -0.485. The Bertz CT molecular complexity index is 1290. The maximum absolute atomic E-state index is 12.5. The summed E-state index contributed by atoms with van der Waals surface area (Å²) in [4.78, 5) is 19.1. The van der Waals surface area contributed by atoms with Gasteiger partial charge in [0.25, 0.3) is 0 Å². The first-order valence-electron chi connectivity index (χ1n) is 10.8. The summed E-state index contributed by atoms with van der Waals surface area (Å²) in [5.74, 6) is 1.51. The lowest BCUT2D eigenvalue weighted by Crippen LogP contribution is -2.19. The Morgan fingerprint density at radius 1 is 1.09 bits per heavy atom. The first kappa shape index (κ1) is 22.9. The molecule has 2 aromatic heterocycles. The number of methoxy groups -OCH3 is 2. The third-order valence-electron chi connectivity index (χ3n) is 5.29. The largest absolute Gasteiger partial charge is 0.497 e. The number of hydrogen-bond acceptors (Lipinski definition) is 8. The van der Waals surface area contributed by atoms with Gasteiger partial charge in [-0.15, -0.1) is 5.10 Å². The van der Waals surface area contributed by atoms with Crippen LogP contribution in [0.15, 0.2) is 60.8 Å². The second-order valence-electron chi connectivity index (χ2n) is 7.54. The molecule has 0 amide bonds. The van der Waals surface area contributed by atoms with E-state index >= 15 is 0 Å². The van der Waals surface area contributed by atoms with Gasteiger partial charge in [-0.2, -0.15) is 0 Å². The highest BCUT2D eigenvalue weighted by atomic mass is 16.5. The van der Waals surface area contributed by atoms with Crippen LogP contribution in [0.2, 0.25) is 0 Å². The molecule has 9 nitrogen and oxygen atoms in total. The summed E-state index contributed by atoms with van der Waals surface area (Å²) in [6.45, 7) is 2.63. The van der Waals surface area contributed by atoms with Crippen molar-refractivity contribution in [3.05, 3.63) is 72.1 Å². The van der Waals surface area contributed by atoms with Crippen molar-refractivity contribution in [3.8, 4) is 11.5 Å². The van der Waals surface area contributed by atoms with E-state index in [9.17, 15) is 4.79 Å². The minimum Gasteiger partial charge on any atom is -0.497 e. The maximum Gasteiger partial charge on any atom is 0.358 e. The highest BCUT2D eigenvalue weighted by Gasteiger charge is 2.20. The van der Waals surface area contributed by atoms with E-state index in [1.165, 1.54) is 10.7 Å². The number of imidazole rings is 1. The molecule has 9 heteroatoms. The fourth-order valence-electron chi connectivity index (χ4n) is 3.61. The van der Waals surface area contributed by atoms with E-state index < -0.39 is 5.97 Å². The molecule has 0 aliphatic rings. The van der Waals surface area contributed by atoms with Gasteiger partial charge in [0, 0.05) is 19.7 Å². The van der Waals surface area contributed by atoms with Gasteiger partial charge in [0.2, 0.25) is 0 Å². The van der Waals surface area contributed by atoms with Gasteiger partial charge in [0.15, 0.2) is 17.2 Å². The molecule has 0 aliphatic heterocycles. The number of aromatic nitrogens is 3. The Morgan fingerprint density at radius 2 is 1.85 bits per heavy atom. The Kier molecular flexibility index (Phi) is 6.82. The van der Waals surface area contributed by atoms with Crippen LogP contribution in [0, 0.1) is 0 Å². The van der Waals surface area contributed by atoms with Gasteiger partial charge in [-0.3, -0.25) is 0 Å². The van der Waals surface area contributed by atoms with Crippen molar-refractivity contribution in [1.29, 1.82) is 0 Å². The number of hydrogen-bond donors (Lipinski definition) is 1. The van der Waals surface area contributed by atoms with E-state index in [0.717, 1.165) is 22.7 Å². The minimum absolute atomic E-state index is 0.250. The Balaban J connectivity index is 1.76. The molecule has 0 saturated carbocycles. The number of carbonyl (C=O) groups is 1. The first-order valence-corrected chi connectivity index (χ1v) is 10.8. The zero-order chi connectivity index (χ0) is 24.1. The molecule has 0 aliphatic carbocycles. The fraction of sp³-hybridized carbons (Fsp3) is 0.240. The van der Waals surface area contributed by atoms with Crippen molar-refractivity contribution in [3.63, 3.8) is 0 Å². The quantitative estimate of drug-likeness (QED) is 0.369. The van der Waals surface area contributed by atoms with E-state index in [1.54, 1.807) is 21.1 Å². The normalized spacial score (nSPS) is 10.7. The van der Waals surface area contributed by atoms with Crippen LogP contribution in [-0.2, 0) is 11.3 Å². The molecule has 0 saturated heterocycles. The molecule has 0 unspecified atom stereocenters. The van der Waals surface area contributed by atoms with E-state index in [4.69, 9.17) is 14.2 Å². The number of rotatable bonds is 9. The zero-order valence-corrected chi connectivity index (χ0v) is 19.6. The third kappa shape index (κ3) is 4.73. The monoisotopic (exact) mass is 461 g/mol. The number of benzene rings is 2. The number of para-hydroxylation sites is 2. The summed E-state index contributed by atoms with van der Waals surface area (Å²) in [6.07, 6.45) is 1.48. The third-order valence-corrected chi connectivity index (χ3v) is 5.29. The highest BCUT2D eigenvalue weighted by molar-refractivity contribution is 5.89. The molecule has 1 N–H and O–H groups in total. The van der Waals surface area contributed by atoms with Gasteiger partial charge >= 0.3 is 5.97 Å². The van der Waals surface area contributed by atoms with Crippen LogP contribution < -0.4 is 19.7 Å². The molecule has 0 bridgehead atoms. The summed E-state index contributed by atoms with van der Waals surface area (Å²) in [7, 11) is 5.22. The average molecular weight is 462 g/mol. The average Bonchev–Trinajstić information content (AvgIpc) is 3.28. The second-order valence-corrected chi connectivity index (χ2v) is 7.54. The summed E-state index contributed by atoms with van der Waals surface area (Å²) in [5.41, 5.74) is 3.43. The molecular weight excluding hydrogens is 434 g/mol. The first-order chi connectivity index (χ1) is 16.5. The van der Waals surface area contributed by atoms with Crippen LogP contribution >= 0.6 is 0 Å². The van der Waals surface area contributed by atoms with Crippen LogP contribution in [0.3, 0.4) is 0 Å². The maximum atomic E-state index is 12.5. The Hall–Kier alpha value is -4.27. The van der Waals surface area contributed by atoms with E-state index in [-0.39, 0.29) is 12.3 Å². The number of nitrogens with one attached hydrogen (secondary N) is 1. The molecule has 34 heavy (non-hydrogen) atoms. The molecule has 0 fully saturated rings. The van der Waals surface area contributed by atoms with Crippen LogP contribution in [0.25, 0.3) is 5.65 Å². The topological polar surface area (TPSA) is 90.2 Å². The molecule has 0 radical (unpaired) electrons. The van der Waals surface area contributed by atoms with Gasteiger partial charge in [-0.25, -0.2) is 14.3 Å². The predicted molar refractivity (Wildman–Crippen MR) is 130 cm³/mol. The number of carbonyl (C=O) groups excluding carboxylic acids is 1. The molecule has 2 heterocycles. The number of esters is 1.